The summed E-state index contributed by atoms with van der Waals surface area (Å²) in [6, 6.07) is 17.7. The van der Waals surface area contributed by atoms with Crippen LogP contribution in [0, 0.1) is 0 Å². The molecule has 6 heteroatoms. The zero-order chi connectivity index (χ0) is 18.8. The topological polar surface area (TPSA) is 84.5 Å². The smallest absolute Gasteiger partial charge is 0.325 e. The zero-order valence-corrected chi connectivity index (χ0v) is 14.6. The van der Waals surface area contributed by atoms with E-state index in [0.717, 1.165) is 5.56 Å². The van der Waals surface area contributed by atoms with E-state index in [1.54, 1.807) is 24.3 Å². The van der Waals surface area contributed by atoms with Crippen LogP contribution in [0.3, 0.4) is 0 Å². The number of hydrogen-bond donors (Lipinski definition) is 2. The van der Waals surface area contributed by atoms with E-state index in [1.165, 1.54) is 7.11 Å². The molecule has 1 amide bonds. The SMILES string of the molecule is COC(=O)CNC(=O)C(Cc1ccccc1)NCC(=O)c1ccccc1. The van der Waals surface area contributed by atoms with Crippen LogP contribution in [0.15, 0.2) is 60.7 Å². The molecule has 2 rings (SSSR count). The van der Waals surface area contributed by atoms with Crippen molar-refractivity contribution in [1.29, 1.82) is 0 Å². The van der Waals surface area contributed by atoms with E-state index in [4.69, 9.17) is 0 Å². The molecule has 0 aliphatic rings. The van der Waals surface area contributed by atoms with Gasteiger partial charge in [-0.05, 0) is 12.0 Å². The Hall–Kier alpha value is -2.99. The highest BCUT2D eigenvalue weighted by atomic mass is 16.5. The minimum absolute atomic E-state index is 0.0210. The van der Waals surface area contributed by atoms with Gasteiger partial charge >= 0.3 is 5.97 Å². The Morgan fingerprint density at radius 2 is 1.54 bits per heavy atom. The summed E-state index contributed by atoms with van der Waals surface area (Å²) in [5, 5.41) is 5.52. The molecule has 1 atom stereocenters. The molecular weight excluding hydrogens is 332 g/mol. The number of nitrogens with one attached hydrogen (secondary N) is 2. The van der Waals surface area contributed by atoms with Crippen molar-refractivity contribution in [2.75, 3.05) is 20.2 Å². The van der Waals surface area contributed by atoms with Crippen LogP contribution in [0.25, 0.3) is 0 Å². The number of carbonyl (C=O) groups excluding carboxylic acids is 3. The molecule has 26 heavy (non-hydrogen) atoms. The largest absolute Gasteiger partial charge is 0.468 e. The number of amides is 1. The van der Waals surface area contributed by atoms with Crippen LogP contribution >= 0.6 is 0 Å². The van der Waals surface area contributed by atoms with E-state index < -0.39 is 12.0 Å². The van der Waals surface area contributed by atoms with Gasteiger partial charge in [-0.15, -0.1) is 0 Å². The Labute approximate surface area is 152 Å². The molecule has 136 valence electrons. The van der Waals surface area contributed by atoms with Crippen LogP contribution in [0.4, 0.5) is 0 Å². The normalized spacial score (nSPS) is 11.4. The summed E-state index contributed by atoms with van der Waals surface area (Å²) in [7, 11) is 1.26. The van der Waals surface area contributed by atoms with Crippen LogP contribution in [0.5, 0.6) is 0 Å². The Balaban J connectivity index is 2.01. The molecule has 0 aliphatic heterocycles. The van der Waals surface area contributed by atoms with Gasteiger partial charge in [0.1, 0.15) is 6.54 Å². The van der Waals surface area contributed by atoms with Crippen LogP contribution in [-0.2, 0) is 20.7 Å². The highest BCUT2D eigenvalue weighted by Crippen LogP contribution is 2.05. The first-order valence-corrected chi connectivity index (χ1v) is 8.30. The van der Waals surface area contributed by atoms with E-state index in [1.807, 2.05) is 36.4 Å². The van der Waals surface area contributed by atoms with Crippen LogP contribution < -0.4 is 10.6 Å². The second-order valence-electron chi connectivity index (χ2n) is 5.71. The molecule has 2 aromatic carbocycles. The quantitative estimate of drug-likeness (QED) is 0.525. The monoisotopic (exact) mass is 354 g/mol. The number of hydrogen-bond acceptors (Lipinski definition) is 5. The van der Waals surface area contributed by atoms with Crippen molar-refractivity contribution in [2.45, 2.75) is 12.5 Å². The lowest BCUT2D eigenvalue weighted by Gasteiger charge is -2.18. The van der Waals surface area contributed by atoms with Gasteiger partial charge in [0.2, 0.25) is 5.91 Å². The molecule has 0 radical (unpaired) electrons. The van der Waals surface area contributed by atoms with Crippen molar-refractivity contribution in [2.24, 2.45) is 0 Å². The van der Waals surface area contributed by atoms with Gasteiger partial charge in [-0.2, -0.15) is 0 Å². The summed E-state index contributed by atoms with van der Waals surface area (Å²) in [5.74, 6) is -0.998. The third-order valence-corrected chi connectivity index (χ3v) is 3.84. The van der Waals surface area contributed by atoms with Gasteiger partial charge in [-0.25, -0.2) is 0 Å². The second kappa shape index (κ2) is 10.1. The molecular formula is C20H22N2O4. The van der Waals surface area contributed by atoms with E-state index in [9.17, 15) is 14.4 Å². The molecule has 0 heterocycles. The van der Waals surface area contributed by atoms with E-state index in [-0.39, 0.29) is 24.8 Å². The van der Waals surface area contributed by atoms with Crippen LogP contribution in [-0.4, -0.2) is 43.9 Å². The van der Waals surface area contributed by atoms with Crippen molar-refractivity contribution in [3.63, 3.8) is 0 Å². The highest BCUT2D eigenvalue weighted by molar-refractivity contribution is 5.98. The fourth-order valence-electron chi connectivity index (χ4n) is 2.40. The molecule has 0 saturated heterocycles. The Morgan fingerprint density at radius 3 is 2.15 bits per heavy atom. The predicted octanol–water partition coefficient (Wildman–Crippen LogP) is 1.36. The zero-order valence-electron chi connectivity index (χ0n) is 14.6. The number of methoxy groups -OCH3 is 1. The van der Waals surface area contributed by atoms with Gasteiger partial charge in [-0.3, -0.25) is 19.7 Å². The second-order valence-corrected chi connectivity index (χ2v) is 5.71. The maximum Gasteiger partial charge on any atom is 0.325 e. The number of esters is 1. The Bertz CT molecular complexity index is 732. The van der Waals surface area contributed by atoms with Crippen LogP contribution in [0.2, 0.25) is 0 Å². The highest BCUT2D eigenvalue weighted by Gasteiger charge is 2.20. The molecule has 0 aliphatic carbocycles. The fourth-order valence-corrected chi connectivity index (χ4v) is 2.40. The van der Waals surface area contributed by atoms with Gasteiger partial charge in [0.25, 0.3) is 0 Å². The number of carbonyl (C=O) groups is 3. The fraction of sp³-hybridized carbons (Fsp3) is 0.250. The maximum absolute atomic E-state index is 12.4. The Kier molecular flexibility index (Phi) is 7.51. The minimum atomic E-state index is -0.644. The number of ketones is 1. The first-order chi connectivity index (χ1) is 12.6. The molecule has 2 N–H and O–H groups in total. The number of benzene rings is 2. The first kappa shape index (κ1) is 19.3. The van der Waals surface area contributed by atoms with Crippen molar-refractivity contribution in [3.8, 4) is 0 Å². The summed E-state index contributed by atoms with van der Waals surface area (Å²) in [6.45, 7) is -0.192. The standard InChI is InChI=1S/C20H22N2O4/c1-26-19(24)14-22-20(25)17(12-15-8-4-2-5-9-15)21-13-18(23)16-10-6-3-7-11-16/h2-11,17,21H,12-14H2,1H3,(H,22,25). The number of rotatable bonds is 9. The third-order valence-electron chi connectivity index (χ3n) is 3.84. The molecule has 0 fully saturated rings. The van der Waals surface area contributed by atoms with Gasteiger partial charge in [0, 0.05) is 5.56 Å². The molecule has 0 bridgehead atoms. The average molecular weight is 354 g/mol. The third kappa shape index (κ3) is 6.14. The van der Waals surface area contributed by atoms with E-state index in [2.05, 4.69) is 15.4 Å². The molecule has 6 nitrogen and oxygen atoms in total. The molecule has 0 saturated carbocycles. The first-order valence-electron chi connectivity index (χ1n) is 8.30. The summed E-state index contributed by atoms with van der Waals surface area (Å²) >= 11 is 0. The van der Waals surface area contributed by atoms with E-state index in [0.29, 0.717) is 12.0 Å². The van der Waals surface area contributed by atoms with Gasteiger partial charge in [0.15, 0.2) is 5.78 Å². The molecule has 2 aromatic rings. The summed E-state index contributed by atoms with van der Waals surface area (Å²) in [5.41, 5.74) is 1.53. The van der Waals surface area contributed by atoms with Crippen molar-refractivity contribution in [1.82, 2.24) is 10.6 Å². The van der Waals surface area contributed by atoms with Gasteiger partial charge in [0.05, 0.1) is 19.7 Å². The van der Waals surface area contributed by atoms with Gasteiger partial charge in [-0.1, -0.05) is 60.7 Å². The predicted molar refractivity (Wildman–Crippen MR) is 97.7 cm³/mol. The van der Waals surface area contributed by atoms with Crippen molar-refractivity contribution >= 4 is 17.7 Å². The van der Waals surface area contributed by atoms with Crippen molar-refractivity contribution < 1.29 is 19.1 Å². The number of Topliss-reactive ketones (excluding diaryl/α,β-unsaturated/α-hetero) is 1. The summed E-state index contributed by atoms with van der Waals surface area (Å²) in [6.07, 6.45) is 0.399. The average Bonchev–Trinajstić information content (AvgIpc) is 2.70. The summed E-state index contributed by atoms with van der Waals surface area (Å²) in [4.78, 5) is 35.9. The Morgan fingerprint density at radius 1 is 0.923 bits per heavy atom. The van der Waals surface area contributed by atoms with Gasteiger partial charge < -0.3 is 10.1 Å². The number of ether oxygens (including phenoxy) is 1. The summed E-state index contributed by atoms with van der Waals surface area (Å²) < 4.78 is 4.53. The molecule has 0 spiro atoms. The van der Waals surface area contributed by atoms with E-state index >= 15 is 0 Å². The lowest BCUT2D eigenvalue weighted by atomic mass is 10.0. The lowest BCUT2D eigenvalue weighted by Crippen LogP contribution is -2.48. The molecule has 0 aromatic heterocycles. The minimum Gasteiger partial charge on any atom is -0.468 e. The lowest BCUT2D eigenvalue weighted by molar-refractivity contribution is -0.141. The van der Waals surface area contributed by atoms with Crippen LogP contribution in [0.1, 0.15) is 15.9 Å². The van der Waals surface area contributed by atoms with Crippen molar-refractivity contribution in [3.05, 3.63) is 71.8 Å². The maximum atomic E-state index is 12.4. The molecule has 1 unspecified atom stereocenters.